The summed E-state index contributed by atoms with van der Waals surface area (Å²) >= 11 is 1.46. The minimum atomic E-state index is -0.0503. The number of rotatable bonds is 3. The van der Waals surface area contributed by atoms with Crippen molar-refractivity contribution in [2.24, 2.45) is 0 Å². The summed E-state index contributed by atoms with van der Waals surface area (Å²) in [6.07, 6.45) is 0. The van der Waals surface area contributed by atoms with Crippen LogP contribution in [0.25, 0.3) is 0 Å². The second-order valence-electron chi connectivity index (χ2n) is 4.38. The lowest BCUT2D eigenvalue weighted by Crippen LogP contribution is -2.11. The number of anilines is 2. The van der Waals surface area contributed by atoms with Gasteiger partial charge in [-0.2, -0.15) is 0 Å². The first-order valence-corrected chi connectivity index (χ1v) is 6.58. The lowest BCUT2D eigenvalue weighted by molar-refractivity contribution is 0.103. The Hall–Kier alpha value is -1.81. The average Bonchev–Trinajstić information content (AvgIpc) is 2.76. The molecule has 2 aromatic rings. The Morgan fingerprint density at radius 2 is 1.89 bits per heavy atom. The molecule has 0 unspecified atom stereocenters. The Kier molecular flexibility index (Phi) is 3.67. The summed E-state index contributed by atoms with van der Waals surface area (Å²) in [4.78, 5) is 14.7. The number of hydrogen-bond donors (Lipinski definition) is 1. The van der Waals surface area contributed by atoms with Gasteiger partial charge < -0.3 is 10.2 Å². The molecule has 94 valence electrons. The van der Waals surface area contributed by atoms with Crippen LogP contribution in [0.5, 0.6) is 0 Å². The number of benzene rings is 1. The number of carbonyl (C=O) groups excluding carboxylic acids is 1. The van der Waals surface area contributed by atoms with Crippen LogP contribution in [0.1, 0.15) is 15.2 Å². The lowest BCUT2D eigenvalue weighted by atomic mass is 10.2. The van der Waals surface area contributed by atoms with Gasteiger partial charge in [0.2, 0.25) is 0 Å². The molecule has 0 fully saturated rings. The standard InChI is InChI=1S/C14H16N2OS/c1-10-8-13(18-9-10)14(17)15-11-4-6-12(7-5-11)16(2)3/h4-9H,1-3H3,(H,15,17). The fraction of sp³-hybridized carbons (Fsp3) is 0.214. The molecule has 0 saturated carbocycles. The molecule has 18 heavy (non-hydrogen) atoms. The van der Waals surface area contributed by atoms with Crippen molar-refractivity contribution in [3.8, 4) is 0 Å². The molecule has 1 aromatic heterocycles. The van der Waals surface area contributed by atoms with Gasteiger partial charge in [0.1, 0.15) is 0 Å². The van der Waals surface area contributed by atoms with Crippen molar-refractivity contribution in [2.75, 3.05) is 24.3 Å². The summed E-state index contributed by atoms with van der Waals surface area (Å²) in [7, 11) is 3.98. The van der Waals surface area contributed by atoms with Crippen LogP contribution in [0, 0.1) is 6.92 Å². The van der Waals surface area contributed by atoms with Gasteiger partial charge >= 0.3 is 0 Å². The number of nitrogens with one attached hydrogen (secondary N) is 1. The number of hydrogen-bond acceptors (Lipinski definition) is 3. The van der Waals surface area contributed by atoms with Crippen LogP contribution in [0.3, 0.4) is 0 Å². The van der Waals surface area contributed by atoms with Crippen molar-refractivity contribution in [1.82, 2.24) is 0 Å². The molecule has 0 saturated heterocycles. The van der Waals surface area contributed by atoms with Crippen LogP contribution < -0.4 is 10.2 Å². The molecule has 1 aromatic carbocycles. The highest BCUT2D eigenvalue weighted by Gasteiger charge is 2.08. The highest BCUT2D eigenvalue weighted by atomic mass is 32.1. The van der Waals surface area contributed by atoms with Crippen LogP contribution in [0.2, 0.25) is 0 Å². The maximum Gasteiger partial charge on any atom is 0.265 e. The number of nitrogens with zero attached hydrogens (tertiary/aromatic N) is 1. The molecule has 0 spiro atoms. The highest BCUT2D eigenvalue weighted by molar-refractivity contribution is 7.12. The molecule has 0 radical (unpaired) electrons. The fourth-order valence-electron chi connectivity index (χ4n) is 1.59. The molecular formula is C14H16N2OS. The van der Waals surface area contributed by atoms with E-state index in [2.05, 4.69) is 5.32 Å². The van der Waals surface area contributed by atoms with Crippen molar-refractivity contribution in [3.63, 3.8) is 0 Å². The second kappa shape index (κ2) is 5.23. The van der Waals surface area contributed by atoms with E-state index in [-0.39, 0.29) is 5.91 Å². The van der Waals surface area contributed by atoms with Crippen LogP contribution in [-0.2, 0) is 0 Å². The highest BCUT2D eigenvalue weighted by Crippen LogP contribution is 2.18. The Morgan fingerprint density at radius 1 is 1.22 bits per heavy atom. The number of carbonyl (C=O) groups is 1. The van der Waals surface area contributed by atoms with E-state index in [0.29, 0.717) is 0 Å². The monoisotopic (exact) mass is 260 g/mol. The third-order valence-electron chi connectivity index (χ3n) is 2.60. The fourth-order valence-corrected chi connectivity index (χ4v) is 2.38. The zero-order chi connectivity index (χ0) is 13.1. The Morgan fingerprint density at radius 3 is 2.39 bits per heavy atom. The predicted octanol–water partition coefficient (Wildman–Crippen LogP) is 3.37. The largest absolute Gasteiger partial charge is 0.378 e. The van der Waals surface area contributed by atoms with Crippen molar-refractivity contribution in [3.05, 3.63) is 46.2 Å². The van der Waals surface area contributed by atoms with Gasteiger partial charge in [0.05, 0.1) is 4.88 Å². The van der Waals surface area contributed by atoms with E-state index in [1.165, 1.54) is 11.3 Å². The summed E-state index contributed by atoms with van der Waals surface area (Å²) < 4.78 is 0. The summed E-state index contributed by atoms with van der Waals surface area (Å²) in [5.74, 6) is -0.0503. The molecule has 1 amide bonds. The average molecular weight is 260 g/mol. The Bertz CT molecular complexity index is 543. The molecular weight excluding hydrogens is 244 g/mol. The third kappa shape index (κ3) is 2.90. The van der Waals surface area contributed by atoms with E-state index in [4.69, 9.17) is 0 Å². The van der Waals surface area contributed by atoms with Crippen molar-refractivity contribution >= 4 is 28.6 Å². The van der Waals surface area contributed by atoms with Gasteiger partial charge in [0, 0.05) is 25.5 Å². The van der Waals surface area contributed by atoms with E-state index in [9.17, 15) is 4.79 Å². The first-order chi connectivity index (χ1) is 8.56. The van der Waals surface area contributed by atoms with Crippen LogP contribution in [0.4, 0.5) is 11.4 Å². The SMILES string of the molecule is Cc1csc(C(=O)Nc2ccc(N(C)C)cc2)c1. The lowest BCUT2D eigenvalue weighted by Gasteiger charge is -2.12. The Balaban J connectivity index is 2.07. The molecule has 3 nitrogen and oxygen atoms in total. The first-order valence-electron chi connectivity index (χ1n) is 5.70. The summed E-state index contributed by atoms with van der Waals surface area (Å²) in [5.41, 5.74) is 3.05. The van der Waals surface area contributed by atoms with Gasteiger partial charge in [0.15, 0.2) is 0 Å². The van der Waals surface area contributed by atoms with Gasteiger partial charge in [0.25, 0.3) is 5.91 Å². The second-order valence-corrected chi connectivity index (χ2v) is 5.29. The van der Waals surface area contributed by atoms with Crippen molar-refractivity contribution in [2.45, 2.75) is 6.92 Å². The molecule has 0 aliphatic carbocycles. The van der Waals surface area contributed by atoms with Crippen LogP contribution >= 0.6 is 11.3 Å². The maximum absolute atomic E-state index is 11.9. The van der Waals surface area contributed by atoms with Gasteiger partial charge in [-0.15, -0.1) is 11.3 Å². The zero-order valence-electron chi connectivity index (χ0n) is 10.7. The van der Waals surface area contributed by atoms with E-state index in [1.807, 2.05) is 61.6 Å². The normalized spacial score (nSPS) is 10.2. The summed E-state index contributed by atoms with van der Waals surface area (Å²) in [6, 6.07) is 9.68. The van der Waals surface area contributed by atoms with Crippen LogP contribution in [-0.4, -0.2) is 20.0 Å². The summed E-state index contributed by atoms with van der Waals surface area (Å²) in [5, 5.41) is 4.87. The number of aryl methyl sites for hydroxylation is 1. The first kappa shape index (κ1) is 12.6. The van der Waals surface area contributed by atoms with E-state index < -0.39 is 0 Å². The zero-order valence-corrected chi connectivity index (χ0v) is 11.5. The van der Waals surface area contributed by atoms with Gasteiger partial charge in [-0.3, -0.25) is 4.79 Å². The van der Waals surface area contributed by atoms with Crippen molar-refractivity contribution < 1.29 is 4.79 Å². The quantitative estimate of drug-likeness (QED) is 0.917. The van der Waals surface area contributed by atoms with E-state index >= 15 is 0 Å². The minimum absolute atomic E-state index is 0.0503. The number of thiophene rings is 1. The predicted molar refractivity (Wildman–Crippen MR) is 77.8 cm³/mol. The molecule has 2 rings (SSSR count). The summed E-state index contributed by atoms with van der Waals surface area (Å²) in [6.45, 7) is 1.99. The smallest absolute Gasteiger partial charge is 0.265 e. The third-order valence-corrected chi connectivity index (χ3v) is 3.64. The Labute approximate surface area is 111 Å². The molecule has 0 aliphatic heterocycles. The molecule has 0 atom stereocenters. The molecule has 1 N–H and O–H groups in total. The van der Waals surface area contributed by atoms with Gasteiger partial charge in [-0.05, 0) is 48.2 Å². The van der Waals surface area contributed by atoms with E-state index in [0.717, 1.165) is 21.8 Å². The van der Waals surface area contributed by atoms with E-state index in [1.54, 1.807) is 0 Å². The maximum atomic E-state index is 11.9. The molecule has 0 bridgehead atoms. The molecule has 1 heterocycles. The minimum Gasteiger partial charge on any atom is -0.378 e. The number of amides is 1. The van der Waals surface area contributed by atoms with Crippen molar-refractivity contribution in [1.29, 1.82) is 0 Å². The molecule has 4 heteroatoms. The molecule has 0 aliphatic rings. The topological polar surface area (TPSA) is 32.3 Å². The van der Waals surface area contributed by atoms with Crippen LogP contribution in [0.15, 0.2) is 35.7 Å². The van der Waals surface area contributed by atoms with Gasteiger partial charge in [-0.1, -0.05) is 0 Å². The van der Waals surface area contributed by atoms with Gasteiger partial charge in [-0.25, -0.2) is 0 Å².